The van der Waals surface area contributed by atoms with Gasteiger partial charge in [0.1, 0.15) is 0 Å². The molecule has 8 nitrogen and oxygen atoms in total. The molecule has 0 spiro atoms. The van der Waals surface area contributed by atoms with Crippen LogP contribution in [0.1, 0.15) is 0 Å². The van der Waals surface area contributed by atoms with Gasteiger partial charge in [0.2, 0.25) is 0 Å². The second-order valence-corrected chi connectivity index (χ2v) is 2.68. The van der Waals surface area contributed by atoms with E-state index in [0.717, 1.165) is 0 Å². The van der Waals surface area contributed by atoms with Gasteiger partial charge in [0.25, 0.3) is 0 Å². The first kappa shape index (κ1) is 23.3. The van der Waals surface area contributed by atoms with Crippen LogP contribution in [0, 0.1) is 0 Å². The SMILES string of the molecule is O=P([O-])([O-])[O-].O=P([O-])([O-])[O-].[Cd+2].[Si+4]. The van der Waals surface area contributed by atoms with Gasteiger partial charge in [-0.3, -0.25) is 0 Å². The first-order chi connectivity index (χ1) is 4.00. The van der Waals surface area contributed by atoms with Crippen LogP contribution in [0.2, 0.25) is 0 Å². The van der Waals surface area contributed by atoms with Crippen LogP contribution in [-0.2, 0) is 36.4 Å². The van der Waals surface area contributed by atoms with E-state index in [1.165, 1.54) is 0 Å². The van der Waals surface area contributed by atoms with E-state index < -0.39 is 15.6 Å². The first-order valence-corrected chi connectivity index (χ1v) is 4.38. The summed E-state index contributed by atoms with van der Waals surface area (Å²) < 4.78 is 17.1. The molecule has 0 saturated carbocycles. The molecule has 0 aromatic carbocycles. The van der Waals surface area contributed by atoms with Gasteiger partial charge in [0.15, 0.2) is 0 Å². The molecule has 0 fully saturated rings. The molecule has 0 N–H and O–H groups in total. The summed E-state index contributed by atoms with van der Waals surface area (Å²) in [5.74, 6) is 0. The van der Waals surface area contributed by atoms with Gasteiger partial charge >= 0.3 is 38.3 Å². The van der Waals surface area contributed by atoms with Gasteiger partial charge in [0.05, 0.1) is 0 Å². The van der Waals surface area contributed by atoms with Crippen molar-refractivity contribution >= 4 is 26.6 Å². The molecular formula is CdO8P2Si. The Balaban J connectivity index is -0.0000000457. The third-order valence-corrected chi connectivity index (χ3v) is 0. The molecule has 64 valence electrons. The summed E-state index contributed by atoms with van der Waals surface area (Å²) in [6, 6.07) is 0. The number of rotatable bonds is 0. The van der Waals surface area contributed by atoms with Crippen LogP contribution in [0.4, 0.5) is 0 Å². The third kappa shape index (κ3) is 660. The Morgan fingerprint density at radius 2 is 0.667 bits per heavy atom. The maximum atomic E-state index is 8.55. The standard InChI is InChI=1S/Cd.2H3O4P.Si/c;2*1-5(2,3)4;/h;2*(H3,1,2,3,4);/q+2;;;+4/p-6. The Morgan fingerprint density at radius 3 is 0.667 bits per heavy atom. The number of phosphoric acid groups is 2. The van der Waals surface area contributed by atoms with Crippen molar-refractivity contribution in [1.29, 1.82) is 0 Å². The summed E-state index contributed by atoms with van der Waals surface area (Å²) >= 11 is 0. The van der Waals surface area contributed by atoms with Gasteiger partial charge < -0.3 is 38.5 Å². The molecule has 0 aliphatic rings. The average molecular weight is 330 g/mol. The molecule has 0 unspecified atom stereocenters. The third-order valence-electron chi connectivity index (χ3n) is 0. The van der Waals surface area contributed by atoms with Crippen LogP contribution < -0.4 is 29.4 Å². The molecule has 12 heteroatoms. The molecule has 0 radical (unpaired) electrons. The van der Waals surface area contributed by atoms with Crippen molar-refractivity contribution in [2.45, 2.75) is 0 Å². The van der Waals surface area contributed by atoms with Gasteiger partial charge in [-0.2, -0.15) is 15.6 Å². The van der Waals surface area contributed by atoms with Crippen molar-refractivity contribution in [1.82, 2.24) is 0 Å². The minimum Gasteiger partial charge on any atom is -0.822 e. The van der Waals surface area contributed by atoms with Crippen LogP contribution in [0.5, 0.6) is 0 Å². The monoisotopic (exact) mass is 332 g/mol. The predicted octanol–water partition coefficient (Wildman–Crippen LogP) is -6.03. The molecule has 0 heterocycles. The molecule has 12 heavy (non-hydrogen) atoms. The van der Waals surface area contributed by atoms with E-state index >= 15 is 0 Å². The normalized spacial score (nSPS) is 9.83. The summed E-state index contributed by atoms with van der Waals surface area (Å²) in [7, 11) is -10.8. The van der Waals surface area contributed by atoms with Gasteiger partial charge in [-0.15, -0.1) is 0 Å². The quantitative estimate of drug-likeness (QED) is 0.311. The molecule has 0 saturated heterocycles. The van der Waals surface area contributed by atoms with E-state index in [1.807, 2.05) is 0 Å². The summed E-state index contributed by atoms with van der Waals surface area (Å²) in [5, 5.41) is 0. The first-order valence-electron chi connectivity index (χ1n) is 1.46. The Bertz CT molecular complexity index is 129. The van der Waals surface area contributed by atoms with Crippen molar-refractivity contribution < 1.29 is 65.8 Å². The fourth-order valence-electron chi connectivity index (χ4n) is 0. The van der Waals surface area contributed by atoms with Gasteiger partial charge in [0, 0.05) is 0 Å². The molecular weight excluding hydrogens is 330 g/mol. The van der Waals surface area contributed by atoms with E-state index in [-0.39, 0.29) is 38.3 Å². The summed E-state index contributed by atoms with van der Waals surface area (Å²) in [6.07, 6.45) is 0. The maximum Gasteiger partial charge on any atom is 4.00 e. The Labute approximate surface area is 92.3 Å². The maximum absolute atomic E-state index is 8.55. The van der Waals surface area contributed by atoms with Crippen LogP contribution in [0.25, 0.3) is 0 Å². The van der Waals surface area contributed by atoms with Crippen LogP contribution in [-0.4, -0.2) is 11.0 Å². The molecule has 0 rings (SSSR count). The van der Waals surface area contributed by atoms with Crippen molar-refractivity contribution in [3.05, 3.63) is 0 Å². The molecule has 0 amide bonds. The molecule has 0 aliphatic heterocycles. The van der Waals surface area contributed by atoms with E-state index in [2.05, 4.69) is 0 Å². The summed E-state index contributed by atoms with van der Waals surface area (Å²) in [6.45, 7) is 0. The van der Waals surface area contributed by atoms with Crippen LogP contribution in [0.15, 0.2) is 0 Å². The Morgan fingerprint density at radius 1 is 0.667 bits per heavy atom. The summed E-state index contributed by atoms with van der Waals surface area (Å²) in [4.78, 5) is 51.3. The predicted molar refractivity (Wildman–Crippen MR) is 21.0 cm³/mol. The second-order valence-electron chi connectivity index (χ2n) is 0.894. The van der Waals surface area contributed by atoms with Crippen molar-refractivity contribution in [3.63, 3.8) is 0 Å². The van der Waals surface area contributed by atoms with Gasteiger partial charge in [-0.05, 0) is 0 Å². The zero-order valence-corrected chi connectivity index (χ0v) is 12.2. The fraction of sp³-hybridized carbons (Fsp3) is 0. The molecule has 0 atom stereocenters. The van der Waals surface area contributed by atoms with E-state index in [4.69, 9.17) is 38.5 Å². The fourth-order valence-corrected chi connectivity index (χ4v) is 0. The van der Waals surface area contributed by atoms with Crippen molar-refractivity contribution in [2.24, 2.45) is 0 Å². The van der Waals surface area contributed by atoms with Crippen molar-refractivity contribution in [2.75, 3.05) is 0 Å². The van der Waals surface area contributed by atoms with Gasteiger partial charge in [-0.1, -0.05) is 0 Å². The Hall–Kier alpha value is 1.36. The zero-order valence-electron chi connectivity index (χ0n) is 5.37. The summed E-state index contributed by atoms with van der Waals surface area (Å²) in [5.41, 5.74) is 0. The Kier molecular flexibility index (Phi) is 17.3. The van der Waals surface area contributed by atoms with E-state index in [1.54, 1.807) is 0 Å². The topological polar surface area (TPSA) is 172 Å². The largest absolute Gasteiger partial charge is 4.00 e. The molecule has 0 aliphatic carbocycles. The zero-order chi connectivity index (χ0) is 9.00. The minimum atomic E-state index is -5.39. The van der Waals surface area contributed by atoms with Crippen molar-refractivity contribution in [3.8, 4) is 0 Å². The van der Waals surface area contributed by atoms with Crippen LogP contribution in [0.3, 0.4) is 0 Å². The van der Waals surface area contributed by atoms with Gasteiger partial charge in [-0.25, -0.2) is 0 Å². The molecule has 0 bridgehead atoms. The van der Waals surface area contributed by atoms with Crippen LogP contribution >= 0.6 is 15.6 Å². The minimum absolute atomic E-state index is 0. The average Bonchev–Trinajstić information content (AvgIpc) is 1.12. The van der Waals surface area contributed by atoms with E-state index in [0.29, 0.717) is 0 Å². The smallest absolute Gasteiger partial charge is 0.822 e. The second kappa shape index (κ2) is 8.94. The molecule has 0 aromatic rings. The van der Waals surface area contributed by atoms with E-state index in [9.17, 15) is 0 Å². The molecule has 0 aromatic heterocycles. The number of hydrogen-bond donors (Lipinski definition) is 0. The number of hydrogen-bond acceptors (Lipinski definition) is 8.